The number of aromatic amines is 1. The number of carbonyl (C=O) groups excluding carboxylic acids is 2. The number of hydrogen-bond acceptors (Lipinski definition) is 3. The molecule has 6 heteroatoms. The van der Waals surface area contributed by atoms with Gasteiger partial charge in [-0.05, 0) is 37.2 Å². The fraction of sp³-hybridized carbons (Fsp3) is 0.267. The van der Waals surface area contributed by atoms with E-state index in [0.717, 1.165) is 46.4 Å². The van der Waals surface area contributed by atoms with E-state index in [-0.39, 0.29) is 24.4 Å². The van der Waals surface area contributed by atoms with Crippen molar-refractivity contribution in [2.24, 2.45) is 0 Å². The van der Waals surface area contributed by atoms with Crippen LogP contribution in [0.5, 0.6) is 0 Å². The van der Waals surface area contributed by atoms with Crippen LogP contribution < -0.4 is 0 Å². The largest absolute Gasteiger partial charge is 0.354 e. The van der Waals surface area contributed by atoms with Gasteiger partial charge in [-0.15, -0.1) is 0 Å². The Kier molecular flexibility index (Phi) is 5.61. The smallest absolute Gasteiger partial charge is 0.255 e. The summed E-state index contributed by atoms with van der Waals surface area (Å²) in [6, 6.07) is 24.1. The molecule has 6 rings (SSSR count). The molecule has 1 atom stereocenters. The second-order valence-corrected chi connectivity index (χ2v) is 9.93. The van der Waals surface area contributed by atoms with Gasteiger partial charge in [-0.2, -0.15) is 0 Å². The number of para-hydroxylation sites is 1. The lowest BCUT2D eigenvalue weighted by Crippen LogP contribution is -2.50. The van der Waals surface area contributed by atoms with Crippen molar-refractivity contribution in [3.8, 4) is 11.3 Å². The van der Waals surface area contributed by atoms with Crippen molar-refractivity contribution < 1.29 is 9.59 Å². The molecule has 1 aromatic heterocycles. The van der Waals surface area contributed by atoms with E-state index in [1.165, 1.54) is 5.56 Å². The zero-order valence-electron chi connectivity index (χ0n) is 20.7. The number of hydrogen-bond donors (Lipinski definition) is 1. The third kappa shape index (κ3) is 3.78. The molecule has 0 unspecified atom stereocenters. The predicted octanol–water partition coefficient (Wildman–Crippen LogP) is 4.46. The van der Waals surface area contributed by atoms with Crippen LogP contribution in [0.4, 0.5) is 0 Å². The van der Waals surface area contributed by atoms with Gasteiger partial charge in [0.05, 0.1) is 11.7 Å². The molecule has 2 aliphatic heterocycles. The summed E-state index contributed by atoms with van der Waals surface area (Å²) >= 11 is 0. The van der Waals surface area contributed by atoms with Gasteiger partial charge < -0.3 is 19.7 Å². The topological polar surface area (TPSA) is 59.7 Å². The van der Waals surface area contributed by atoms with Crippen LogP contribution in [-0.4, -0.2) is 71.3 Å². The number of amides is 2. The Labute approximate surface area is 211 Å². The lowest BCUT2D eigenvalue weighted by Gasteiger charge is -2.34. The third-order valence-electron chi connectivity index (χ3n) is 7.58. The van der Waals surface area contributed by atoms with Gasteiger partial charge in [0, 0.05) is 48.2 Å². The van der Waals surface area contributed by atoms with E-state index >= 15 is 0 Å². The van der Waals surface area contributed by atoms with Crippen LogP contribution in [0.3, 0.4) is 0 Å². The van der Waals surface area contributed by atoms with Crippen molar-refractivity contribution in [2.45, 2.75) is 13.0 Å². The Morgan fingerprint density at radius 1 is 0.917 bits per heavy atom. The number of carbonyl (C=O) groups is 2. The van der Waals surface area contributed by atoms with Crippen molar-refractivity contribution in [1.29, 1.82) is 0 Å². The molecular weight excluding hydrogens is 448 g/mol. The van der Waals surface area contributed by atoms with Gasteiger partial charge in [-0.3, -0.25) is 9.59 Å². The van der Waals surface area contributed by atoms with E-state index in [4.69, 9.17) is 0 Å². The summed E-state index contributed by atoms with van der Waals surface area (Å²) in [4.78, 5) is 36.7. The summed E-state index contributed by atoms with van der Waals surface area (Å²) in [5, 5.41) is 1.07. The first-order valence-electron chi connectivity index (χ1n) is 12.5. The first-order valence-corrected chi connectivity index (χ1v) is 12.5. The fourth-order valence-corrected chi connectivity index (χ4v) is 5.54. The van der Waals surface area contributed by atoms with Crippen LogP contribution >= 0.6 is 0 Å². The van der Waals surface area contributed by atoms with E-state index in [9.17, 15) is 9.59 Å². The van der Waals surface area contributed by atoms with E-state index in [1.807, 2.05) is 41.3 Å². The molecule has 2 aliphatic rings. The molecule has 4 aromatic rings. The number of nitrogens with one attached hydrogen (secondary N) is 1. The number of piperazine rings is 1. The maximum Gasteiger partial charge on any atom is 0.255 e. The lowest BCUT2D eigenvalue weighted by molar-refractivity contribution is -0.133. The Hall–Kier alpha value is -3.90. The molecule has 1 fully saturated rings. The Morgan fingerprint density at radius 2 is 1.61 bits per heavy atom. The lowest BCUT2D eigenvalue weighted by atomic mass is 9.93. The number of aryl methyl sites for hydroxylation is 1. The molecular formula is C30H30N4O2. The van der Waals surface area contributed by atoms with Crippen LogP contribution in [0.1, 0.15) is 33.1 Å². The van der Waals surface area contributed by atoms with Crippen molar-refractivity contribution in [3.63, 3.8) is 0 Å². The number of fused-ring (bicyclic) bond motifs is 2. The molecule has 3 aromatic carbocycles. The number of aromatic nitrogens is 1. The third-order valence-corrected chi connectivity index (χ3v) is 7.58. The molecule has 182 valence electrons. The van der Waals surface area contributed by atoms with Gasteiger partial charge in [0.2, 0.25) is 5.91 Å². The molecule has 0 aliphatic carbocycles. The summed E-state index contributed by atoms with van der Waals surface area (Å²) in [5.41, 5.74) is 6.93. The second kappa shape index (κ2) is 8.95. The van der Waals surface area contributed by atoms with Crippen LogP contribution in [-0.2, 0) is 4.79 Å². The predicted molar refractivity (Wildman–Crippen MR) is 142 cm³/mol. The van der Waals surface area contributed by atoms with Crippen LogP contribution in [0, 0.1) is 6.92 Å². The summed E-state index contributed by atoms with van der Waals surface area (Å²) in [7, 11) is 2.07. The molecule has 0 saturated carbocycles. The molecule has 0 radical (unpaired) electrons. The number of benzene rings is 3. The molecule has 0 bridgehead atoms. The normalized spacial score (nSPS) is 18.2. The van der Waals surface area contributed by atoms with Gasteiger partial charge >= 0.3 is 0 Å². The minimum Gasteiger partial charge on any atom is -0.354 e. The highest BCUT2D eigenvalue weighted by Gasteiger charge is 2.41. The maximum atomic E-state index is 13.7. The quantitative estimate of drug-likeness (QED) is 0.471. The number of rotatable bonds is 4. The second-order valence-electron chi connectivity index (χ2n) is 9.93. The molecule has 1 saturated heterocycles. The average Bonchev–Trinajstić information content (AvgIpc) is 3.40. The standard InChI is InChI=1S/C30H30N4O2/c1-20-11-13-21(14-12-20)28-27(24-9-5-6-10-25(24)31-28)29-22-7-3-4-8-23(22)30(36)34(29)19-26(35)33-17-15-32(2)16-18-33/h3-14,29,31H,15-19H2,1-2H3/t29-/m1/s1. The molecule has 3 heterocycles. The monoisotopic (exact) mass is 478 g/mol. The van der Waals surface area contributed by atoms with Crippen LogP contribution in [0.25, 0.3) is 22.2 Å². The van der Waals surface area contributed by atoms with Crippen LogP contribution in [0.2, 0.25) is 0 Å². The van der Waals surface area contributed by atoms with Gasteiger partial charge in [-0.1, -0.05) is 66.2 Å². The number of nitrogens with zero attached hydrogens (tertiary/aromatic N) is 3. The highest BCUT2D eigenvalue weighted by atomic mass is 16.2. The minimum atomic E-state index is -0.349. The van der Waals surface area contributed by atoms with Gasteiger partial charge in [-0.25, -0.2) is 0 Å². The van der Waals surface area contributed by atoms with E-state index in [1.54, 1.807) is 4.90 Å². The number of likely N-dealkylation sites (N-methyl/N-ethyl adjacent to an activating group) is 1. The first-order chi connectivity index (χ1) is 17.5. The Balaban J connectivity index is 1.48. The average molecular weight is 479 g/mol. The SMILES string of the molecule is Cc1ccc(-c2[nH]c3ccccc3c2[C@H]2c3ccccc3C(=O)N2CC(=O)N2CCN(C)CC2)cc1. The van der Waals surface area contributed by atoms with Crippen molar-refractivity contribution in [2.75, 3.05) is 39.8 Å². The minimum absolute atomic E-state index is 0.00554. The summed E-state index contributed by atoms with van der Waals surface area (Å²) < 4.78 is 0. The van der Waals surface area contributed by atoms with Crippen molar-refractivity contribution in [3.05, 3.63) is 95.1 Å². The zero-order valence-corrected chi connectivity index (χ0v) is 20.7. The van der Waals surface area contributed by atoms with Crippen molar-refractivity contribution >= 4 is 22.7 Å². The van der Waals surface area contributed by atoms with E-state index < -0.39 is 0 Å². The summed E-state index contributed by atoms with van der Waals surface area (Å²) in [5.74, 6) is -0.0794. The zero-order chi connectivity index (χ0) is 24.8. The number of H-pyrrole nitrogens is 1. The fourth-order valence-electron chi connectivity index (χ4n) is 5.54. The van der Waals surface area contributed by atoms with Gasteiger partial charge in [0.15, 0.2) is 0 Å². The molecule has 1 N–H and O–H groups in total. The van der Waals surface area contributed by atoms with E-state index in [2.05, 4.69) is 60.3 Å². The summed E-state index contributed by atoms with van der Waals surface area (Å²) in [6.07, 6.45) is 0. The first kappa shape index (κ1) is 22.6. The Bertz CT molecular complexity index is 1450. The molecule has 36 heavy (non-hydrogen) atoms. The van der Waals surface area contributed by atoms with Gasteiger partial charge in [0.25, 0.3) is 5.91 Å². The maximum absolute atomic E-state index is 13.7. The molecule has 2 amide bonds. The summed E-state index contributed by atoms with van der Waals surface area (Å²) in [6.45, 7) is 5.22. The van der Waals surface area contributed by atoms with E-state index in [0.29, 0.717) is 18.7 Å². The highest BCUT2D eigenvalue weighted by molar-refractivity contribution is 6.03. The van der Waals surface area contributed by atoms with Crippen molar-refractivity contribution in [1.82, 2.24) is 19.7 Å². The highest BCUT2D eigenvalue weighted by Crippen LogP contribution is 2.45. The van der Waals surface area contributed by atoms with Gasteiger partial charge in [0.1, 0.15) is 6.54 Å². The Morgan fingerprint density at radius 3 is 2.39 bits per heavy atom. The molecule has 6 nitrogen and oxygen atoms in total. The van der Waals surface area contributed by atoms with Crippen LogP contribution in [0.15, 0.2) is 72.8 Å². The molecule has 0 spiro atoms.